The van der Waals surface area contributed by atoms with Crippen molar-refractivity contribution < 1.29 is 4.74 Å². The van der Waals surface area contributed by atoms with Gasteiger partial charge in [-0.1, -0.05) is 30.3 Å². The summed E-state index contributed by atoms with van der Waals surface area (Å²) in [7, 11) is 0. The fourth-order valence-electron chi connectivity index (χ4n) is 1.71. The first-order valence-electron chi connectivity index (χ1n) is 6.50. The minimum absolute atomic E-state index is 0.657. The monoisotopic (exact) mass is 257 g/mol. The molecule has 0 aliphatic rings. The first-order chi connectivity index (χ1) is 9.34. The number of aryl methyl sites for hydroxylation is 1. The highest BCUT2D eigenvalue weighted by Crippen LogP contribution is 2.00. The largest absolute Gasteiger partial charge is 0.379 e. The second-order valence-corrected chi connectivity index (χ2v) is 4.30. The molecule has 1 aromatic carbocycles. The molecular formula is C15H19N3O. The molecule has 0 radical (unpaired) electrons. The van der Waals surface area contributed by atoms with Crippen molar-refractivity contribution in [3.63, 3.8) is 0 Å². The number of aromatic nitrogens is 2. The fraction of sp³-hybridized carbons (Fsp3) is 0.333. The van der Waals surface area contributed by atoms with Crippen LogP contribution in [0.15, 0.2) is 42.6 Å². The Balaban J connectivity index is 1.58. The van der Waals surface area contributed by atoms with Crippen LogP contribution in [0, 0.1) is 6.92 Å². The molecule has 2 rings (SSSR count). The van der Waals surface area contributed by atoms with Crippen LogP contribution < -0.4 is 5.32 Å². The highest BCUT2D eigenvalue weighted by molar-refractivity contribution is 5.24. The summed E-state index contributed by atoms with van der Waals surface area (Å²) in [5.74, 6) is 0.659. The molecule has 0 saturated carbocycles. The van der Waals surface area contributed by atoms with Gasteiger partial charge in [0.2, 0.25) is 5.95 Å². The van der Waals surface area contributed by atoms with E-state index in [0.717, 1.165) is 25.3 Å². The molecule has 0 fully saturated rings. The second kappa shape index (κ2) is 7.48. The average Bonchev–Trinajstić information content (AvgIpc) is 2.44. The van der Waals surface area contributed by atoms with Gasteiger partial charge < -0.3 is 10.1 Å². The molecule has 100 valence electrons. The Hall–Kier alpha value is -1.94. The third-order valence-corrected chi connectivity index (χ3v) is 2.70. The summed E-state index contributed by atoms with van der Waals surface area (Å²) in [4.78, 5) is 8.39. The normalized spacial score (nSPS) is 10.4. The van der Waals surface area contributed by atoms with Gasteiger partial charge in [-0.3, -0.25) is 0 Å². The minimum Gasteiger partial charge on any atom is -0.379 e. The van der Waals surface area contributed by atoms with E-state index in [1.807, 2.05) is 31.2 Å². The molecule has 1 heterocycles. The van der Waals surface area contributed by atoms with Gasteiger partial charge in [-0.25, -0.2) is 9.97 Å². The van der Waals surface area contributed by atoms with Crippen molar-refractivity contribution in [3.05, 3.63) is 53.9 Å². The molecule has 0 atom stereocenters. The van der Waals surface area contributed by atoms with E-state index >= 15 is 0 Å². The van der Waals surface area contributed by atoms with Crippen LogP contribution in [0.2, 0.25) is 0 Å². The summed E-state index contributed by atoms with van der Waals surface area (Å²) in [6.45, 7) is 4.06. The lowest BCUT2D eigenvalue weighted by molar-refractivity contribution is 0.147. The molecule has 4 heteroatoms. The van der Waals surface area contributed by atoms with Crippen LogP contribution in [0.5, 0.6) is 0 Å². The Bertz CT molecular complexity index is 488. The number of ether oxygens (including phenoxy) is 1. The van der Waals surface area contributed by atoms with Gasteiger partial charge in [0.1, 0.15) is 0 Å². The first-order valence-corrected chi connectivity index (χ1v) is 6.50. The van der Waals surface area contributed by atoms with Crippen molar-refractivity contribution in [2.24, 2.45) is 0 Å². The maximum Gasteiger partial charge on any atom is 0.222 e. The summed E-state index contributed by atoms with van der Waals surface area (Å²) in [6.07, 6.45) is 2.70. The number of hydrogen-bond acceptors (Lipinski definition) is 4. The quantitative estimate of drug-likeness (QED) is 0.774. The molecule has 0 aliphatic carbocycles. The van der Waals surface area contributed by atoms with E-state index in [9.17, 15) is 0 Å². The molecule has 1 aromatic heterocycles. The Morgan fingerprint density at radius 3 is 2.74 bits per heavy atom. The lowest BCUT2D eigenvalue weighted by Crippen LogP contribution is -2.12. The topological polar surface area (TPSA) is 47.0 Å². The molecule has 4 nitrogen and oxygen atoms in total. The predicted molar refractivity (Wildman–Crippen MR) is 76.2 cm³/mol. The van der Waals surface area contributed by atoms with E-state index in [1.165, 1.54) is 5.56 Å². The van der Waals surface area contributed by atoms with Crippen molar-refractivity contribution in [1.82, 2.24) is 9.97 Å². The third kappa shape index (κ3) is 5.06. The molecule has 2 aromatic rings. The van der Waals surface area contributed by atoms with Crippen LogP contribution in [-0.2, 0) is 11.2 Å². The lowest BCUT2D eigenvalue weighted by atomic mass is 10.2. The summed E-state index contributed by atoms with van der Waals surface area (Å²) < 4.78 is 5.57. The zero-order chi connectivity index (χ0) is 13.3. The molecule has 19 heavy (non-hydrogen) atoms. The number of nitrogens with one attached hydrogen (secondary N) is 1. The van der Waals surface area contributed by atoms with Crippen molar-refractivity contribution in [3.8, 4) is 0 Å². The second-order valence-electron chi connectivity index (χ2n) is 4.30. The van der Waals surface area contributed by atoms with E-state index in [4.69, 9.17) is 4.74 Å². The van der Waals surface area contributed by atoms with E-state index in [2.05, 4.69) is 27.4 Å². The van der Waals surface area contributed by atoms with Crippen LogP contribution in [0.4, 0.5) is 5.95 Å². The maximum atomic E-state index is 5.57. The molecule has 0 bridgehead atoms. The first kappa shape index (κ1) is 13.5. The average molecular weight is 257 g/mol. The van der Waals surface area contributed by atoms with Gasteiger partial charge in [-0.2, -0.15) is 0 Å². The van der Waals surface area contributed by atoms with Gasteiger partial charge in [0.25, 0.3) is 0 Å². The van der Waals surface area contributed by atoms with Gasteiger partial charge in [0.05, 0.1) is 13.2 Å². The summed E-state index contributed by atoms with van der Waals surface area (Å²) >= 11 is 0. The molecule has 0 unspecified atom stereocenters. The van der Waals surface area contributed by atoms with E-state index in [1.54, 1.807) is 6.20 Å². The zero-order valence-electron chi connectivity index (χ0n) is 11.2. The number of hydrogen-bond donors (Lipinski definition) is 1. The van der Waals surface area contributed by atoms with Crippen LogP contribution >= 0.6 is 0 Å². The van der Waals surface area contributed by atoms with Gasteiger partial charge >= 0.3 is 0 Å². The van der Waals surface area contributed by atoms with E-state index in [0.29, 0.717) is 12.6 Å². The van der Waals surface area contributed by atoms with Gasteiger partial charge in [0, 0.05) is 18.4 Å². The molecule has 0 saturated heterocycles. The smallest absolute Gasteiger partial charge is 0.222 e. The lowest BCUT2D eigenvalue weighted by Gasteiger charge is -2.06. The Kier molecular flexibility index (Phi) is 5.31. The summed E-state index contributed by atoms with van der Waals surface area (Å²) in [5, 5.41) is 3.14. The van der Waals surface area contributed by atoms with Crippen molar-refractivity contribution in [2.75, 3.05) is 25.1 Å². The van der Waals surface area contributed by atoms with Crippen LogP contribution in [-0.4, -0.2) is 29.7 Å². The predicted octanol–water partition coefficient (Wildman–Crippen LogP) is 2.46. The Morgan fingerprint density at radius 2 is 1.95 bits per heavy atom. The molecular weight excluding hydrogens is 238 g/mol. The minimum atomic E-state index is 0.657. The molecule has 0 spiro atoms. The van der Waals surface area contributed by atoms with Crippen LogP contribution in [0.3, 0.4) is 0 Å². The number of nitrogens with zero attached hydrogens (tertiary/aromatic N) is 2. The van der Waals surface area contributed by atoms with Gasteiger partial charge in [0.15, 0.2) is 0 Å². The SMILES string of the molecule is Cc1ccnc(NCCOCCc2ccccc2)n1. The Labute approximate surface area is 113 Å². The van der Waals surface area contributed by atoms with E-state index in [-0.39, 0.29) is 0 Å². The fourth-order valence-corrected chi connectivity index (χ4v) is 1.71. The van der Waals surface area contributed by atoms with Crippen LogP contribution in [0.1, 0.15) is 11.3 Å². The zero-order valence-corrected chi connectivity index (χ0v) is 11.2. The molecule has 0 amide bonds. The van der Waals surface area contributed by atoms with Crippen molar-refractivity contribution in [2.45, 2.75) is 13.3 Å². The highest BCUT2D eigenvalue weighted by Gasteiger charge is 1.95. The number of benzene rings is 1. The maximum absolute atomic E-state index is 5.57. The van der Waals surface area contributed by atoms with Crippen molar-refractivity contribution in [1.29, 1.82) is 0 Å². The number of anilines is 1. The Morgan fingerprint density at radius 1 is 1.11 bits per heavy atom. The van der Waals surface area contributed by atoms with Gasteiger partial charge in [-0.05, 0) is 25.0 Å². The summed E-state index contributed by atoms with van der Waals surface area (Å²) in [5.41, 5.74) is 2.26. The van der Waals surface area contributed by atoms with E-state index < -0.39 is 0 Å². The van der Waals surface area contributed by atoms with Crippen LogP contribution in [0.25, 0.3) is 0 Å². The van der Waals surface area contributed by atoms with Crippen molar-refractivity contribution >= 4 is 5.95 Å². The highest BCUT2D eigenvalue weighted by atomic mass is 16.5. The standard InChI is InChI=1S/C15H19N3O/c1-13-7-9-16-15(18-13)17-10-12-19-11-8-14-5-3-2-4-6-14/h2-7,9H,8,10-12H2,1H3,(H,16,17,18). The third-order valence-electron chi connectivity index (χ3n) is 2.70. The summed E-state index contributed by atoms with van der Waals surface area (Å²) in [6, 6.07) is 12.2. The molecule has 0 aliphatic heterocycles. The van der Waals surface area contributed by atoms with Gasteiger partial charge in [-0.15, -0.1) is 0 Å². The number of rotatable bonds is 7. The molecule has 1 N–H and O–H groups in total.